The smallest absolute Gasteiger partial charge is 0.326 e. The molecule has 0 spiro atoms. The molecule has 0 heterocycles. The second-order valence-corrected chi connectivity index (χ2v) is 4.68. The van der Waals surface area contributed by atoms with Gasteiger partial charge in [0.05, 0.1) is 0 Å². The Morgan fingerprint density at radius 3 is 2.06 bits per heavy atom. The summed E-state index contributed by atoms with van der Waals surface area (Å²) in [5.74, 6) is -1.47. The van der Waals surface area contributed by atoms with Crippen LogP contribution in [0.3, 0.4) is 0 Å². The second kappa shape index (κ2) is 6.48. The Balaban J connectivity index is 4.40. The monoisotopic (exact) mass is 230 g/mol. The van der Waals surface area contributed by atoms with Gasteiger partial charge in [0.2, 0.25) is 5.91 Å². The molecular formula is C11H22N2O3. The highest BCUT2D eigenvalue weighted by Crippen LogP contribution is 2.07. The van der Waals surface area contributed by atoms with E-state index in [2.05, 4.69) is 5.32 Å². The van der Waals surface area contributed by atoms with Crippen molar-refractivity contribution in [1.82, 2.24) is 5.32 Å². The number of hydrogen-bond donors (Lipinski definition) is 3. The Labute approximate surface area is 96.4 Å². The first-order valence-corrected chi connectivity index (χ1v) is 5.54. The number of rotatable bonds is 6. The summed E-state index contributed by atoms with van der Waals surface area (Å²) in [6.45, 7) is 7.24. The molecule has 0 aliphatic heterocycles. The minimum atomic E-state index is -1.00. The predicted molar refractivity (Wildman–Crippen MR) is 61.8 cm³/mol. The van der Waals surface area contributed by atoms with Crippen molar-refractivity contribution in [3.63, 3.8) is 0 Å². The molecule has 94 valence electrons. The highest BCUT2D eigenvalue weighted by Gasteiger charge is 2.25. The molecule has 3 atom stereocenters. The SMILES string of the molecule is CC(C)C[C@H](NC(=O)C(C)C(C)N)C(=O)O. The van der Waals surface area contributed by atoms with E-state index in [1.165, 1.54) is 0 Å². The van der Waals surface area contributed by atoms with Crippen LogP contribution < -0.4 is 11.1 Å². The first-order chi connectivity index (χ1) is 7.25. The van der Waals surface area contributed by atoms with Crippen molar-refractivity contribution < 1.29 is 14.7 Å². The third-order valence-electron chi connectivity index (χ3n) is 2.52. The van der Waals surface area contributed by atoms with E-state index in [4.69, 9.17) is 10.8 Å². The van der Waals surface area contributed by atoms with Gasteiger partial charge in [-0.15, -0.1) is 0 Å². The number of carbonyl (C=O) groups is 2. The van der Waals surface area contributed by atoms with Crippen LogP contribution in [0.15, 0.2) is 0 Å². The summed E-state index contributed by atoms with van der Waals surface area (Å²) in [4.78, 5) is 22.5. The topological polar surface area (TPSA) is 92.4 Å². The predicted octanol–water partition coefficient (Wildman–Crippen LogP) is 0.585. The number of nitrogens with two attached hydrogens (primary N) is 1. The standard InChI is InChI=1S/C11H22N2O3/c1-6(2)5-9(11(15)16)13-10(14)7(3)8(4)12/h6-9H,5,12H2,1-4H3,(H,13,14)(H,15,16)/t7?,8?,9-/m0/s1. The summed E-state index contributed by atoms with van der Waals surface area (Å²) >= 11 is 0. The minimum absolute atomic E-state index is 0.215. The van der Waals surface area contributed by atoms with Gasteiger partial charge in [0.15, 0.2) is 0 Å². The Morgan fingerprint density at radius 2 is 1.75 bits per heavy atom. The maximum Gasteiger partial charge on any atom is 0.326 e. The molecule has 16 heavy (non-hydrogen) atoms. The molecular weight excluding hydrogens is 208 g/mol. The maximum absolute atomic E-state index is 11.6. The highest BCUT2D eigenvalue weighted by atomic mass is 16.4. The van der Waals surface area contributed by atoms with Crippen LogP contribution in [0.2, 0.25) is 0 Å². The van der Waals surface area contributed by atoms with Gasteiger partial charge in [-0.3, -0.25) is 4.79 Å². The summed E-state index contributed by atoms with van der Waals surface area (Å²) in [6.07, 6.45) is 0.423. The molecule has 2 unspecified atom stereocenters. The number of nitrogens with one attached hydrogen (secondary N) is 1. The summed E-state index contributed by atoms with van der Waals surface area (Å²) < 4.78 is 0. The van der Waals surface area contributed by atoms with Crippen LogP contribution in [-0.2, 0) is 9.59 Å². The molecule has 0 fully saturated rings. The van der Waals surface area contributed by atoms with E-state index in [0.717, 1.165) is 0 Å². The zero-order valence-corrected chi connectivity index (χ0v) is 10.4. The van der Waals surface area contributed by atoms with Gasteiger partial charge >= 0.3 is 5.97 Å². The van der Waals surface area contributed by atoms with Crippen LogP contribution in [0.4, 0.5) is 0 Å². The fourth-order valence-corrected chi connectivity index (χ4v) is 1.23. The number of amides is 1. The van der Waals surface area contributed by atoms with Crippen molar-refractivity contribution in [1.29, 1.82) is 0 Å². The van der Waals surface area contributed by atoms with Gasteiger partial charge in [0.25, 0.3) is 0 Å². The molecule has 5 nitrogen and oxygen atoms in total. The zero-order valence-electron chi connectivity index (χ0n) is 10.4. The zero-order chi connectivity index (χ0) is 12.9. The molecule has 0 aliphatic rings. The number of hydrogen-bond acceptors (Lipinski definition) is 3. The lowest BCUT2D eigenvalue weighted by molar-refractivity contribution is -0.143. The van der Waals surface area contributed by atoms with E-state index in [0.29, 0.717) is 6.42 Å². The van der Waals surface area contributed by atoms with E-state index in [1.807, 2.05) is 13.8 Å². The third kappa shape index (κ3) is 5.11. The van der Waals surface area contributed by atoms with Gasteiger partial charge in [0, 0.05) is 12.0 Å². The molecule has 0 rings (SSSR count). The van der Waals surface area contributed by atoms with Crippen molar-refractivity contribution in [2.45, 2.75) is 46.2 Å². The molecule has 5 heteroatoms. The third-order valence-corrected chi connectivity index (χ3v) is 2.52. The average Bonchev–Trinajstić information content (AvgIpc) is 2.14. The van der Waals surface area contributed by atoms with E-state index in [1.54, 1.807) is 13.8 Å². The van der Waals surface area contributed by atoms with Crippen molar-refractivity contribution in [3.05, 3.63) is 0 Å². The first-order valence-electron chi connectivity index (χ1n) is 5.54. The second-order valence-electron chi connectivity index (χ2n) is 4.68. The van der Waals surface area contributed by atoms with Crippen LogP contribution in [0, 0.1) is 11.8 Å². The number of carboxylic acids is 1. The molecule has 0 saturated carbocycles. The Morgan fingerprint density at radius 1 is 1.25 bits per heavy atom. The first kappa shape index (κ1) is 14.9. The quantitative estimate of drug-likeness (QED) is 0.622. The summed E-state index contributed by atoms with van der Waals surface area (Å²) in [7, 11) is 0. The lowest BCUT2D eigenvalue weighted by Gasteiger charge is -2.20. The number of carboxylic acid groups (broad SMARTS) is 1. The van der Waals surface area contributed by atoms with Gasteiger partial charge in [-0.2, -0.15) is 0 Å². The van der Waals surface area contributed by atoms with Crippen molar-refractivity contribution >= 4 is 11.9 Å². The Kier molecular flexibility index (Phi) is 6.03. The summed E-state index contributed by atoms with van der Waals surface area (Å²) in [5.41, 5.74) is 5.58. The van der Waals surface area contributed by atoms with E-state index in [-0.39, 0.29) is 23.8 Å². The molecule has 0 aromatic carbocycles. The molecule has 0 radical (unpaired) electrons. The number of carbonyl (C=O) groups excluding carboxylic acids is 1. The Hall–Kier alpha value is -1.10. The van der Waals surface area contributed by atoms with Crippen LogP contribution in [0.1, 0.15) is 34.1 Å². The molecule has 4 N–H and O–H groups in total. The van der Waals surface area contributed by atoms with E-state index in [9.17, 15) is 9.59 Å². The molecule has 0 aromatic heterocycles. The van der Waals surface area contributed by atoms with Crippen molar-refractivity contribution in [3.8, 4) is 0 Å². The fourth-order valence-electron chi connectivity index (χ4n) is 1.23. The van der Waals surface area contributed by atoms with Gasteiger partial charge in [-0.05, 0) is 19.3 Å². The van der Waals surface area contributed by atoms with E-state index >= 15 is 0 Å². The summed E-state index contributed by atoms with van der Waals surface area (Å²) in [6, 6.07) is -1.11. The van der Waals surface area contributed by atoms with Crippen molar-refractivity contribution in [2.24, 2.45) is 17.6 Å². The normalized spacial score (nSPS) is 16.6. The van der Waals surface area contributed by atoms with Crippen LogP contribution in [0.5, 0.6) is 0 Å². The van der Waals surface area contributed by atoms with Gasteiger partial charge < -0.3 is 16.2 Å². The van der Waals surface area contributed by atoms with E-state index < -0.39 is 12.0 Å². The largest absolute Gasteiger partial charge is 0.480 e. The van der Waals surface area contributed by atoms with Gasteiger partial charge in [-0.25, -0.2) is 4.79 Å². The van der Waals surface area contributed by atoms with Gasteiger partial charge in [-0.1, -0.05) is 20.8 Å². The Bertz CT molecular complexity index is 252. The van der Waals surface area contributed by atoms with Crippen molar-refractivity contribution in [2.75, 3.05) is 0 Å². The lowest BCUT2D eigenvalue weighted by Crippen LogP contribution is -2.47. The van der Waals surface area contributed by atoms with Crippen LogP contribution >= 0.6 is 0 Å². The van der Waals surface area contributed by atoms with Crippen LogP contribution in [0.25, 0.3) is 0 Å². The summed E-state index contributed by atoms with van der Waals surface area (Å²) in [5, 5.41) is 11.5. The number of aliphatic carboxylic acids is 1. The highest BCUT2D eigenvalue weighted by molar-refractivity contribution is 5.85. The van der Waals surface area contributed by atoms with Crippen LogP contribution in [-0.4, -0.2) is 29.1 Å². The molecule has 0 saturated heterocycles. The average molecular weight is 230 g/mol. The molecule has 0 bridgehead atoms. The fraction of sp³-hybridized carbons (Fsp3) is 0.818. The molecule has 0 aromatic rings. The molecule has 1 amide bonds. The minimum Gasteiger partial charge on any atom is -0.480 e. The molecule has 0 aliphatic carbocycles. The lowest BCUT2D eigenvalue weighted by atomic mass is 10.0. The van der Waals surface area contributed by atoms with Gasteiger partial charge in [0.1, 0.15) is 6.04 Å². The maximum atomic E-state index is 11.6.